The van der Waals surface area contributed by atoms with Crippen molar-refractivity contribution in [3.05, 3.63) is 87.0 Å². The Labute approximate surface area is 186 Å². The first-order valence-corrected chi connectivity index (χ1v) is 11.7. The molecule has 0 amide bonds. The minimum absolute atomic E-state index is 0.0437. The summed E-state index contributed by atoms with van der Waals surface area (Å²) in [6.45, 7) is 5.40. The molecule has 1 N–H and O–H groups in total. The lowest BCUT2D eigenvalue weighted by Gasteiger charge is -2.53. The minimum atomic E-state index is -0.0437. The van der Waals surface area contributed by atoms with Gasteiger partial charge in [-0.2, -0.15) is 0 Å². The first kappa shape index (κ1) is 18.6. The summed E-state index contributed by atoms with van der Waals surface area (Å²) < 4.78 is 2.23. The maximum absolute atomic E-state index is 12.4. The van der Waals surface area contributed by atoms with Gasteiger partial charge in [-0.3, -0.25) is 4.79 Å². The monoisotopic (exact) mass is 461 g/mol. The quantitative estimate of drug-likeness (QED) is 0.379. The summed E-state index contributed by atoms with van der Waals surface area (Å²) in [5.74, 6) is 0.261. The summed E-state index contributed by atoms with van der Waals surface area (Å²) in [6.07, 6.45) is 5.60. The van der Waals surface area contributed by atoms with Crippen LogP contribution in [0.2, 0.25) is 0 Å². The van der Waals surface area contributed by atoms with Crippen LogP contribution in [0.25, 0.3) is 0 Å². The molecular formula is C26H26BrN2O+. The number of hydrogen-bond donors (Lipinski definition) is 1. The van der Waals surface area contributed by atoms with Crippen LogP contribution in [0.3, 0.4) is 0 Å². The fourth-order valence-corrected chi connectivity index (χ4v) is 7.35. The van der Waals surface area contributed by atoms with Gasteiger partial charge in [0.15, 0.2) is 0 Å². The highest BCUT2D eigenvalue weighted by molar-refractivity contribution is 9.10. The van der Waals surface area contributed by atoms with Gasteiger partial charge in [0, 0.05) is 45.8 Å². The fraction of sp³-hybridized carbons (Fsp3) is 0.346. The summed E-state index contributed by atoms with van der Waals surface area (Å²) in [5, 5.41) is 3.72. The van der Waals surface area contributed by atoms with Crippen LogP contribution in [-0.2, 0) is 16.8 Å². The van der Waals surface area contributed by atoms with E-state index in [1.54, 1.807) is 0 Å². The van der Waals surface area contributed by atoms with E-state index in [1.807, 2.05) is 0 Å². The van der Waals surface area contributed by atoms with Crippen LogP contribution in [0.4, 0.5) is 5.69 Å². The smallest absolute Gasteiger partial charge is 0.148 e. The number of piperidine rings is 1. The Bertz CT molecular complexity index is 1120. The Morgan fingerprint density at radius 3 is 2.77 bits per heavy atom. The second kappa shape index (κ2) is 6.41. The number of allylic oxidation sites excluding steroid dienone is 2. The third-order valence-electron chi connectivity index (χ3n) is 8.27. The average Bonchev–Trinajstić information content (AvgIpc) is 3.29. The number of aldehydes is 1. The van der Waals surface area contributed by atoms with Gasteiger partial charge in [-0.25, -0.2) is 0 Å². The van der Waals surface area contributed by atoms with Gasteiger partial charge < -0.3 is 9.80 Å². The summed E-state index contributed by atoms with van der Waals surface area (Å²) in [6, 6.07) is 18.1. The van der Waals surface area contributed by atoms with Crippen molar-refractivity contribution in [2.45, 2.75) is 37.8 Å². The summed E-state index contributed by atoms with van der Waals surface area (Å²) >= 11 is 3.58. The van der Waals surface area contributed by atoms with Crippen molar-refractivity contribution in [3.8, 4) is 0 Å². The number of carbonyl (C=O) groups excluding carboxylic acids is 1. The largest absolute Gasteiger partial charge is 0.357 e. The molecule has 2 aromatic carbocycles. The lowest BCUT2D eigenvalue weighted by molar-refractivity contribution is -0.954. The maximum atomic E-state index is 12.4. The van der Waals surface area contributed by atoms with Crippen molar-refractivity contribution in [3.63, 3.8) is 0 Å². The molecule has 152 valence electrons. The molecule has 0 saturated carbocycles. The minimum Gasteiger partial charge on any atom is -0.357 e. The molecule has 2 unspecified atom stereocenters. The fourth-order valence-electron chi connectivity index (χ4n) is 7.08. The van der Waals surface area contributed by atoms with Crippen molar-refractivity contribution in [1.82, 2.24) is 0 Å². The van der Waals surface area contributed by atoms with Gasteiger partial charge >= 0.3 is 0 Å². The molecule has 3 aliphatic heterocycles. The first-order chi connectivity index (χ1) is 14.6. The van der Waals surface area contributed by atoms with E-state index in [9.17, 15) is 4.79 Å². The third-order valence-corrected chi connectivity index (χ3v) is 8.80. The van der Waals surface area contributed by atoms with Crippen molar-refractivity contribution in [1.29, 1.82) is 0 Å². The van der Waals surface area contributed by atoms with Crippen LogP contribution in [0.15, 0.2) is 75.9 Å². The summed E-state index contributed by atoms with van der Waals surface area (Å²) in [4.78, 5) is 12.4. The number of hydrogen-bond acceptors (Lipinski definition) is 2. The van der Waals surface area contributed by atoms with Crippen LogP contribution < -0.4 is 5.32 Å². The number of fused-ring (bicyclic) bond motifs is 2. The molecule has 4 aliphatic rings. The van der Waals surface area contributed by atoms with Gasteiger partial charge in [0.1, 0.15) is 25.4 Å². The highest BCUT2D eigenvalue weighted by atomic mass is 79.9. The zero-order valence-electron chi connectivity index (χ0n) is 17.2. The highest BCUT2D eigenvalue weighted by Gasteiger charge is 2.68. The predicted molar refractivity (Wildman–Crippen MR) is 123 cm³/mol. The van der Waals surface area contributed by atoms with Crippen molar-refractivity contribution in [2.75, 3.05) is 18.4 Å². The maximum Gasteiger partial charge on any atom is 0.148 e. The third kappa shape index (κ3) is 2.27. The zero-order valence-corrected chi connectivity index (χ0v) is 18.8. The average molecular weight is 462 g/mol. The molecule has 4 atom stereocenters. The van der Waals surface area contributed by atoms with Gasteiger partial charge in [0.2, 0.25) is 0 Å². The lowest BCUT2D eigenvalue weighted by atomic mass is 9.61. The molecule has 3 heterocycles. The van der Waals surface area contributed by atoms with Gasteiger partial charge in [-0.1, -0.05) is 52.3 Å². The molecule has 2 saturated heterocycles. The Kier molecular flexibility index (Phi) is 3.97. The molecule has 4 heteroatoms. The van der Waals surface area contributed by atoms with E-state index < -0.39 is 0 Å². The first-order valence-electron chi connectivity index (χ1n) is 10.9. The summed E-state index contributed by atoms with van der Waals surface area (Å²) in [5.41, 5.74) is 7.60. The van der Waals surface area contributed by atoms with Crippen LogP contribution in [0.5, 0.6) is 0 Å². The molecule has 2 aromatic rings. The number of anilines is 1. The van der Waals surface area contributed by atoms with Crippen LogP contribution in [0.1, 0.15) is 30.9 Å². The van der Waals surface area contributed by atoms with E-state index in [-0.39, 0.29) is 11.3 Å². The van der Waals surface area contributed by atoms with Crippen LogP contribution in [0, 0.1) is 5.92 Å². The Hall–Kier alpha value is -2.17. The van der Waals surface area contributed by atoms with Crippen molar-refractivity contribution < 1.29 is 9.28 Å². The predicted octanol–water partition coefficient (Wildman–Crippen LogP) is 5.33. The van der Waals surface area contributed by atoms with E-state index in [0.29, 0.717) is 6.04 Å². The van der Waals surface area contributed by atoms with E-state index in [2.05, 4.69) is 82.8 Å². The number of rotatable bonds is 3. The molecule has 6 rings (SSSR count). The molecule has 1 aliphatic carbocycles. The number of benzene rings is 2. The normalized spacial score (nSPS) is 34.5. The molecule has 3 nitrogen and oxygen atoms in total. The van der Waals surface area contributed by atoms with E-state index >= 15 is 0 Å². The molecule has 1 spiro atoms. The van der Waals surface area contributed by atoms with E-state index in [0.717, 1.165) is 53.3 Å². The van der Waals surface area contributed by atoms with Gasteiger partial charge in [0.25, 0.3) is 0 Å². The van der Waals surface area contributed by atoms with Gasteiger partial charge in [0.05, 0.1) is 12.0 Å². The van der Waals surface area contributed by atoms with Gasteiger partial charge in [-0.15, -0.1) is 0 Å². The number of para-hydroxylation sites is 1. The molecule has 2 bridgehead atoms. The number of nitrogens with one attached hydrogen (secondary N) is 1. The number of nitrogens with zero attached hydrogens (tertiary/aromatic N) is 1. The number of carbonyl (C=O) groups is 1. The van der Waals surface area contributed by atoms with Crippen LogP contribution in [-0.4, -0.2) is 29.9 Å². The molecule has 0 radical (unpaired) electrons. The number of quaternary nitrogens is 1. The number of halogens is 1. The Balaban J connectivity index is 1.56. The van der Waals surface area contributed by atoms with Crippen LogP contribution >= 0.6 is 15.9 Å². The zero-order chi connectivity index (χ0) is 20.5. The molecular weight excluding hydrogens is 436 g/mol. The highest BCUT2D eigenvalue weighted by Crippen LogP contribution is 2.63. The van der Waals surface area contributed by atoms with Gasteiger partial charge in [-0.05, 0) is 36.3 Å². The topological polar surface area (TPSA) is 29.1 Å². The molecule has 2 fully saturated rings. The molecule has 0 aromatic heterocycles. The van der Waals surface area contributed by atoms with Crippen molar-refractivity contribution >= 4 is 27.9 Å². The standard InChI is InChI=1S/C26H25BrN2O/c1-2-18-15-29(14-17-7-9-19(27)10-8-17)12-11-26-22-5-3-4-6-23(22)28-25(26)21(16-30)20(18)13-24(26)29/h2-10,16,20,24H,11-15H2,1H3/p+1/b18-2-/t20-,24?,26+,29?/m0/s1. The van der Waals surface area contributed by atoms with E-state index in [1.165, 1.54) is 28.1 Å². The molecule has 30 heavy (non-hydrogen) atoms. The van der Waals surface area contributed by atoms with Crippen molar-refractivity contribution in [2.24, 2.45) is 5.92 Å². The second-order valence-corrected chi connectivity index (χ2v) is 10.3. The Morgan fingerprint density at radius 2 is 2.00 bits per heavy atom. The summed E-state index contributed by atoms with van der Waals surface area (Å²) in [7, 11) is 0. The lowest BCUT2D eigenvalue weighted by Crippen LogP contribution is -2.62. The second-order valence-electron chi connectivity index (χ2n) is 9.39. The Morgan fingerprint density at radius 1 is 1.20 bits per heavy atom. The van der Waals surface area contributed by atoms with E-state index in [4.69, 9.17) is 0 Å². The SMILES string of the molecule is C/C=C1/C[N+]2(Cc3ccc(Br)cc3)CC[C@]34C(=C(C=O)[C@H]1CC32)Nc1ccccc14.